The van der Waals surface area contributed by atoms with E-state index >= 15 is 0 Å². The topological polar surface area (TPSA) is 57.6 Å². The summed E-state index contributed by atoms with van der Waals surface area (Å²) in [7, 11) is 0. The van der Waals surface area contributed by atoms with E-state index in [0.29, 0.717) is 18.9 Å². The number of rotatable bonds is 7. The molecule has 1 aliphatic carbocycles. The minimum absolute atomic E-state index is 0.0596. The van der Waals surface area contributed by atoms with Gasteiger partial charge in [-0.25, -0.2) is 4.79 Å². The zero-order valence-electron chi connectivity index (χ0n) is 11.8. The number of amides is 1. The molecule has 4 nitrogen and oxygen atoms in total. The number of hydrogen-bond acceptors (Lipinski definition) is 2. The highest BCUT2D eigenvalue weighted by atomic mass is 16.4. The quantitative estimate of drug-likeness (QED) is 0.832. The molecule has 1 unspecified atom stereocenters. The standard InChI is InChI=1S/C16H21NO3/c1-12(16(19)20)17(11-14-5-3-2-4-6-14)15(18)10-9-13-7-8-13/h2-6,12-13H,7-11H2,1H3,(H,19,20). The van der Waals surface area contributed by atoms with Crippen LogP contribution in [0.25, 0.3) is 0 Å². The smallest absolute Gasteiger partial charge is 0.326 e. The molecule has 2 rings (SSSR count). The monoisotopic (exact) mass is 275 g/mol. The number of carboxylic acids is 1. The first kappa shape index (κ1) is 14.6. The van der Waals surface area contributed by atoms with Gasteiger partial charge in [-0.1, -0.05) is 43.2 Å². The second-order valence-electron chi connectivity index (χ2n) is 5.50. The van der Waals surface area contributed by atoms with Crippen LogP contribution in [-0.2, 0) is 16.1 Å². The Hall–Kier alpha value is -1.84. The van der Waals surface area contributed by atoms with E-state index < -0.39 is 12.0 Å². The Morgan fingerprint density at radius 3 is 2.50 bits per heavy atom. The normalized spacial score (nSPS) is 15.7. The molecule has 1 saturated carbocycles. The molecule has 0 saturated heterocycles. The van der Waals surface area contributed by atoms with E-state index in [4.69, 9.17) is 0 Å². The zero-order valence-corrected chi connectivity index (χ0v) is 11.8. The maximum absolute atomic E-state index is 12.3. The van der Waals surface area contributed by atoms with E-state index in [-0.39, 0.29) is 5.91 Å². The predicted octanol–water partition coefficient (Wildman–Crippen LogP) is 2.68. The van der Waals surface area contributed by atoms with Gasteiger partial charge in [0.2, 0.25) is 5.91 Å². The molecular formula is C16H21NO3. The number of benzene rings is 1. The van der Waals surface area contributed by atoms with Crippen molar-refractivity contribution in [3.05, 3.63) is 35.9 Å². The van der Waals surface area contributed by atoms with Gasteiger partial charge in [-0.05, 0) is 24.8 Å². The lowest BCUT2D eigenvalue weighted by Crippen LogP contribution is -2.42. The highest BCUT2D eigenvalue weighted by Gasteiger charge is 2.28. The van der Waals surface area contributed by atoms with E-state index in [1.165, 1.54) is 17.7 Å². The summed E-state index contributed by atoms with van der Waals surface area (Å²) >= 11 is 0. The van der Waals surface area contributed by atoms with E-state index in [9.17, 15) is 14.7 Å². The number of aliphatic carboxylic acids is 1. The summed E-state index contributed by atoms with van der Waals surface area (Å²) in [5, 5.41) is 9.18. The van der Waals surface area contributed by atoms with Gasteiger partial charge < -0.3 is 10.0 Å². The summed E-state index contributed by atoms with van der Waals surface area (Å²) in [6, 6.07) is 8.73. The summed E-state index contributed by atoms with van der Waals surface area (Å²) in [5.41, 5.74) is 0.959. The lowest BCUT2D eigenvalue weighted by atomic mass is 10.1. The highest BCUT2D eigenvalue weighted by molar-refractivity contribution is 5.83. The van der Waals surface area contributed by atoms with Crippen LogP contribution in [0.4, 0.5) is 0 Å². The molecule has 0 aliphatic heterocycles. The first-order valence-electron chi connectivity index (χ1n) is 7.14. The van der Waals surface area contributed by atoms with Crippen molar-refractivity contribution in [2.45, 2.75) is 45.2 Å². The van der Waals surface area contributed by atoms with E-state index in [0.717, 1.165) is 12.0 Å². The second kappa shape index (κ2) is 6.55. The number of nitrogens with zero attached hydrogens (tertiary/aromatic N) is 1. The Morgan fingerprint density at radius 2 is 1.95 bits per heavy atom. The van der Waals surface area contributed by atoms with Gasteiger partial charge >= 0.3 is 5.97 Å². The van der Waals surface area contributed by atoms with Crippen molar-refractivity contribution < 1.29 is 14.7 Å². The molecule has 4 heteroatoms. The minimum Gasteiger partial charge on any atom is -0.480 e. The Balaban J connectivity index is 2.02. The van der Waals surface area contributed by atoms with Crippen molar-refractivity contribution >= 4 is 11.9 Å². The molecule has 0 radical (unpaired) electrons. The summed E-state index contributed by atoms with van der Waals surface area (Å²) in [6.07, 6.45) is 3.76. The van der Waals surface area contributed by atoms with Crippen molar-refractivity contribution in [1.29, 1.82) is 0 Å². The third-order valence-corrected chi connectivity index (χ3v) is 3.80. The van der Waals surface area contributed by atoms with Gasteiger partial charge in [0.15, 0.2) is 0 Å². The fourth-order valence-corrected chi connectivity index (χ4v) is 2.23. The molecule has 1 atom stereocenters. The van der Waals surface area contributed by atoms with Crippen LogP contribution in [0.15, 0.2) is 30.3 Å². The van der Waals surface area contributed by atoms with Gasteiger partial charge in [0.25, 0.3) is 0 Å². The highest BCUT2D eigenvalue weighted by Crippen LogP contribution is 2.33. The van der Waals surface area contributed by atoms with E-state index in [1.807, 2.05) is 30.3 Å². The van der Waals surface area contributed by atoms with Crippen LogP contribution in [-0.4, -0.2) is 27.9 Å². The number of carboxylic acid groups (broad SMARTS) is 1. The maximum Gasteiger partial charge on any atom is 0.326 e. The molecule has 1 aromatic rings. The molecule has 1 aliphatic rings. The summed E-state index contributed by atoms with van der Waals surface area (Å²) < 4.78 is 0. The Labute approximate surface area is 119 Å². The maximum atomic E-state index is 12.3. The van der Waals surface area contributed by atoms with Gasteiger partial charge in [-0.15, -0.1) is 0 Å². The van der Waals surface area contributed by atoms with E-state index in [2.05, 4.69) is 0 Å². The van der Waals surface area contributed by atoms with Crippen molar-refractivity contribution in [1.82, 2.24) is 4.90 Å². The van der Waals surface area contributed by atoms with Crippen LogP contribution in [0.2, 0.25) is 0 Å². The Bertz CT molecular complexity index is 468. The molecule has 1 fully saturated rings. The summed E-state index contributed by atoms with van der Waals surface area (Å²) in [4.78, 5) is 25.0. The third kappa shape index (κ3) is 4.08. The summed E-state index contributed by atoms with van der Waals surface area (Å²) in [5.74, 6) is -0.339. The van der Waals surface area contributed by atoms with Crippen LogP contribution >= 0.6 is 0 Å². The van der Waals surface area contributed by atoms with Crippen LogP contribution in [0.3, 0.4) is 0 Å². The molecule has 0 bridgehead atoms. The lowest BCUT2D eigenvalue weighted by molar-refractivity contribution is -0.150. The van der Waals surface area contributed by atoms with Gasteiger partial charge in [0.05, 0.1) is 0 Å². The molecule has 0 spiro atoms. The van der Waals surface area contributed by atoms with Gasteiger partial charge in [-0.3, -0.25) is 4.79 Å². The predicted molar refractivity (Wildman–Crippen MR) is 76.0 cm³/mol. The Kier molecular flexibility index (Phi) is 4.77. The van der Waals surface area contributed by atoms with Crippen LogP contribution in [0, 0.1) is 5.92 Å². The SMILES string of the molecule is CC(C(=O)O)N(Cc1ccccc1)C(=O)CCC1CC1. The van der Waals surface area contributed by atoms with Crippen molar-refractivity contribution in [3.63, 3.8) is 0 Å². The van der Waals surface area contributed by atoms with Gasteiger partial charge in [-0.2, -0.15) is 0 Å². The number of carbonyl (C=O) groups excluding carboxylic acids is 1. The number of hydrogen-bond donors (Lipinski definition) is 1. The lowest BCUT2D eigenvalue weighted by Gasteiger charge is -2.26. The first-order chi connectivity index (χ1) is 9.58. The fourth-order valence-electron chi connectivity index (χ4n) is 2.23. The van der Waals surface area contributed by atoms with Gasteiger partial charge in [0.1, 0.15) is 6.04 Å². The number of carbonyl (C=O) groups is 2. The van der Waals surface area contributed by atoms with Gasteiger partial charge in [0, 0.05) is 13.0 Å². The third-order valence-electron chi connectivity index (χ3n) is 3.80. The zero-order chi connectivity index (χ0) is 14.5. The molecule has 1 aromatic carbocycles. The summed E-state index contributed by atoms with van der Waals surface area (Å²) in [6.45, 7) is 1.93. The largest absolute Gasteiger partial charge is 0.480 e. The molecule has 0 aromatic heterocycles. The molecule has 1 N–H and O–H groups in total. The van der Waals surface area contributed by atoms with E-state index in [1.54, 1.807) is 6.92 Å². The van der Waals surface area contributed by atoms with Crippen molar-refractivity contribution in [3.8, 4) is 0 Å². The van der Waals surface area contributed by atoms with Crippen LogP contribution in [0.5, 0.6) is 0 Å². The average Bonchev–Trinajstić information content (AvgIpc) is 3.26. The minimum atomic E-state index is -0.958. The second-order valence-corrected chi connectivity index (χ2v) is 5.50. The molecular weight excluding hydrogens is 254 g/mol. The average molecular weight is 275 g/mol. The molecule has 20 heavy (non-hydrogen) atoms. The first-order valence-corrected chi connectivity index (χ1v) is 7.14. The van der Waals surface area contributed by atoms with Crippen LogP contribution in [0.1, 0.15) is 38.2 Å². The molecule has 0 heterocycles. The molecule has 108 valence electrons. The van der Waals surface area contributed by atoms with Crippen molar-refractivity contribution in [2.75, 3.05) is 0 Å². The Morgan fingerprint density at radius 1 is 1.30 bits per heavy atom. The van der Waals surface area contributed by atoms with Crippen LogP contribution < -0.4 is 0 Å². The van der Waals surface area contributed by atoms with Crippen molar-refractivity contribution in [2.24, 2.45) is 5.92 Å². The fraction of sp³-hybridized carbons (Fsp3) is 0.500. The molecule has 1 amide bonds.